The van der Waals surface area contributed by atoms with E-state index in [1.807, 2.05) is 36.4 Å². The number of aromatic nitrogens is 2. The van der Waals surface area contributed by atoms with Crippen LogP contribution < -0.4 is 11.0 Å². The first-order valence-electron chi connectivity index (χ1n) is 6.82. The third kappa shape index (κ3) is 3.09. The molecule has 0 bridgehead atoms. The van der Waals surface area contributed by atoms with Crippen molar-refractivity contribution in [1.82, 2.24) is 15.3 Å². The van der Waals surface area contributed by atoms with Crippen LogP contribution in [0.2, 0.25) is 0 Å². The van der Waals surface area contributed by atoms with Gasteiger partial charge in [0.25, 0.3) is 0 Å². The summed E-state index contributed by atoms with van der Waals surface area (Å²) in [6.07, 6.45) is 0. The molecular weight excluding hydrogens is 330 g/mol. The Balaban J connectivity index is 1.76. The number of fused-ring (bicyclic) bond motifs is 1. The van der Waals surface area contributed by atoms with Crippen LogP contribution in [-0.4, -0.2) is 9.97 Å². The van der Waals surface area contributed by atoms with Gasteiger partial charge in [0, 0.05) is 17.1 Å². The van der Waals surface area contributed by atoms with Crippen molar-refractivity contribution in [3.63, 3.8) is 0 Å². The van der Waals surface area contributed by atoms with E-state index in [9.17, 15) is 4.79 Å². The van der Waals surface area contributed by atoms with Crippen molar-refractivity contribution in [3.05, 3.63) is 68.5 Å². The van der Waals surface area contributed by atoms with E-state index < -0.39 is 0 Å². The lowest BCUT2D eigenvalue weighted by Gasteiger charge is -2.15. The highest BCUT2D eigenvalue weighted by Gasteiger charge is 2.08. The SMILES string of the molecule is C[C@H](NCc1ccccc1Br)c1ccc2[nH]c(=O)[nH]c2c1. The Morgan fingerprint density at radius 3 is 2.71 bits per heavy atom. The number of nitrogens with one attached hydrogen (secondary N) is 3. The summed E-state index contributed by atoms with van der Waals surface area (Å²) in [6, 6.07) is 14.3. The summed E-state index contributed by atoms with van der Waals surface area (Å²) >= 11 is 3.55. The lowest BCUT2D eigenvalue weighted by molar-refractivity contribution is 0.574. The van der Waals surface area contributed by atoms with Gasteiger partial charge in [-0.05, 0) is 36.2 Å². The fourth-order valence-corrected chi connectivity index (χ4v) is 2.77. The van der Waals surface area contributed by atoms with E-state index in [1.54, 1.807) is 0 Å². The van der Waals surface area contributed by atoms with Gasteiger partial charge >= 0.3 is 5.69 Å². The first kappa shape index (κ1) is 14.1. The maximum absolute atomic E-state index is 11.3. The van der Waals surface area contributed by atoms with Crippen molar-refractivity contribution in [2.24, 2.45) is 0 Å². The molecule has 21 heavy (non-hydrogen) atoms. The summed E-state index contributed by atoms with van der Waals surface area (Å²) in [5, 5.41) is 3.50. The molecule has 4 nitrogen and oxygen atoms in total. The van der Waals surface area contributed by atoms with E-state index in [0.29, 0.717) is 0 Å². The average Bonchev–Trinajstić information content (AvgIpc) is 2.85. The minimum atomic E-state index is -0.170. The van der Waals surface area contributed by atoms with E-state index in [0.717, 1.165) is 27.6 Å². The summed E-state index contributed by atoms with van der Waals surface area (Å²) in [4.78, 5) is 16.8. The molecule has 3 rings (SSSR count). The second kappa shape index (κ2) is 5.87. The summed E-state index contributed by atoms with van der Waals surface area (Å²) in [5.41, 5.74) is 3.87. The minimum absolute atomic E-state index is 0.170. The molecule has 5 heteroatoms. The fourth-order valence-electron chi connectivity index (χ4n) is 2.34. The molecule has 1 aromatic heterocycles. The van der Waals surface area contributed by atoms with E-state index in [4.69, 9.17) is 0 Å². The van der Waals surface area contributed by atoms with Crippen LogP contribution in [0.15, 0.2) is 51.7 Å². The predicted octanol–water partition coefficient (Wildman–Crippen LogP) is 3.47. The molecule has 0 fully saturated rings. The molecule has 3 aromatic rings. The Labute approximate surface area is 130 Å². The maximum Gasteiger partial charge on any atom is 0.323 e. The molecule has 0 saturated heterocycles. The van der Waals surface area contributed by atoms with E-state index in [-0.39, 0.29) is 11.7 Å². The standard InChI is InChI=1S/C16H16BrN3O/c1-10(18-9-12-4-2-3-5-13(12)17)11-6-7-14-15(8-11)20-16(21)19-14/h2-8,10,18H,9H2,1H3,(H2,19,20,21)/t10-/m0/s1. The van der Waals surface area contributed by atoms with Crippen LogP contribution in [0.5, 0.6) is 0 Å². The average molecular weight is 346 g/mol. The van der Waals surface area contributed by atoms with Crippen molar-refractivity contribution in [2.75, 3.05) is 0 Å². The topological polar surface area (TPSA) is 60.7 Å². The lowest BCUT2D eigenvalue weighted by atomic mass is 10.1. The van der Waals surface area contributed by atoms with Crippen molar-refractivity contribution in [1.29, 1.82) is 0 Å². The molecule has 0 radical (unpaired) electrons. The number of benzene rings is 2. The van der Waals surface area contributed by atoms with Gasteiger partial charge in [-0.15, -0.1) is 0 Å². The number of rotatable bonds is 4. The van der Waals surface area contributed by atoms with Gasteiger partial charge in [-0.3, -0.25) is 0 Å². The Kier molecular flexibility index (Phi) is 3.94. The van der Waals surface area contributed by atoms with Crippen LogP contribution in [0.25, 0.3) is 11.0 Å². The number of aromatic amines is 2. The first-order chi connectivity index (χ1) is 10.1. The van der Waals surface area contributed by atoms with Gasteiger partial charge in [0.2, 0.25) is 0 Å². The van der Waals surface area contributed by atoms with Gasteiger partial charge in [0.1, 0.15) is 0 Å². The van der Waals surface area contributed by atoms with Gasteiger partial charge in [0.15, 0.2) is 0 Å². The molecule has 2 aromatic carbocycles. The fraction of sp³-hybridized carbons (Fsp3) is 0.188. The predicted molar refractivity (Wildman–Crippen MR) is 88.3 cm³/mol. The highest BCUT2D eigenvalue weighted by Crippen LogP contribution is 2.19. The number of hydrogen-bond acceptors (Lipinski definition) is 2. The molecule has 1 atom stereocenters. The Morgan fingerprint density at radius 1 is 1.14 bits per heavy atom. The van der Waals surface area contributed by atoms with E-state index in [1.165, 1.54) is 5.56 Å². The zero-order chi connectivity index (χ0) is 14.8. The van der Waals surface area contributed by atoms with Gasteiger partial charge in [0.05, 0.1) is 11.0 Å². The molecule has 3 N–H and O–H groups in total. The monoisotopic (exact) mass is 345 g/mol. The summed E-state index contributed by atoms with van der Waals surface area (Å²) in [7, 11) is 0. The molecule has 0 spiro atoms. The molecule has 0 amide bonds. The molecule has 0 aliphatic heterocycles. The van der Waals surface area contributed by atoms with Crippen LogP contribution in [0.4, 0.5) is 0 Å². The highest BCUT2D eigenvalue weighted by atomic mass is 79.9. The Morgan fingerprint density at radius 2 is 1.90 bits per heavy atom. The third-order valence-corrected chi connectivity index (χ3v) is 4.37. The molecule has 1 heterocycles. The lowest BCUT2D eigenvalue weighted by Crippen LogP contribution is -2.18. The molecule has 108 valence electrons. The minimum Gasteiger partial charge on any atom is -0.306 e. The van der Waals surface area contributed by atoms with Crippen molar-refractivity contribution >= 4 is 27.0 Å². The number of imidazole rings is 1. The first-order valence-corrected chi connectivity index (χ1v) is 7.61. The normalized spacial score (nSPS) is 12.7. The largest absolute Gasteiger partial charge is 0.323 e. The number of halogens is 1. The van der Waals surface area contributed by atoms with Crippen molar-refractivity contribution < 1.29 is 0 Å². The smallest absolute Gasteiger partial charge is 0.306 e. The van der Waals surface area contributed by atoms with Crippen LogP contribution in [0.3, 0.4) is 0 Å². The van der Waals surface area contributed by atoms with Crippen LogP contribution >= 0.6 is 15.9 Å². The van der Waals surface area contributed by atoms with Crippen LogP contribution in [0.1, 0.15) is 24.1 Å². The summed E-state index contributed by atoms with van der Waals surface area (Å²) in [5.74, 6) is 0. The van der Waals surface area contributed by atoms with Gasteiger partial charge in [-0.2, -0.15) is 0 Å². The van der Waals surface area contributed by atoms with E-state index >= 15 is 0 Å². The summed E-state index contributed by atoms with van der Waals surface area (Å²) < 4.78 is 1.11. The maximum atomic E-state index is 11.3. The number of hydrogen-bond donors (Lipinski definition) is 3. The molecule has 0 aliphatic carbocycles. The summed E-state index contributed by atoms with van der Waals surface area (Å²) in [6.45, 7) is 2.90. The highest BCUT2D eigenvalue weighted by molar-refractivity contribution is 9.10. The molecule has 0 aliphatic rings. The second-order valence-electron chi connectivity index (χ2n) is 5.08. The second-order valence-corrected chi connectivity index (χ2v) is 5.93. The Bertz CT molecular complexity index is 822. The van der Waals surface area contributed by atoms with Crippen molar-refractivity contribution in [3.8, 4) is 0 Å². The zero-order valence-corrected chi connectivity index (χ0v) is 13.2. The quantitative estimate of drug-likeness (QED) is 0.677. The van der Waals surface area contributed by atoms with Crippen LogP contribution in [0, 0.1) is 0 Å². The molecule has 0 unspecified atom stereocenters. The van der Waals surface area contributed by atoms with E-state index in [2.05, 4.69) is 44.2 Å². The number of H-pyrrole nitrogens is 2. The molecular formula is C16H16BrN3O. The van der Waals surface area contributed by atoms with Crippen molar-refractivity contribution in [2.45, 2.75) is 19.5 Å². The van der Waals surface area contributed by atoms with Gasteiger partial charge in [-0.1, -0.05) is 40.2 Å². The van der Waals surface area contributed by atoms with Crippen LogP contribution in [-0.2, 0) is 6.54 Å². The zero-order valence-electron chi connectivity index (χ0n) is 11.6. The third-order valence-electron chi connectivity index (χ3n) is 3.60. The Hall–Kier alpha value is -1.85. The molecule has 0 saturated carbocycles. The van der Waals surface area contributed by atoms with Gasteiger partial charge < -0.3 is 15.3 Å². The van der Waals surface area contributed by atoms with Gasteiger partial charge in [-0.25, -0.2) is 4.79 Å².